The molecule has 0 aromatic heterocycles. The highest BCUT2D eigenvalue weighted by atomic mass is 16.5. The fraction of sp³-hybridized carbons (Fsp3) is 0.273. The molecule has 0 unspecified atom stereocenters. The Morgan fingerprint density at radius 2 is 1.65 bits per heavy atom. The third-order valence-electron chi connectivity index (χ3n) is 2.18. The van der Waals surface area contributed by atoms with Crippen molar-refractivity contribution in [2.45, 2.75) is 6.42 Å². The van der Waals surface area contributed by atoms with Gasteiger partial charge in [0.25, 0.3) is 0 Å². The molecule has 0 saturated heterocycles. The number of rotatable bonds is 5. The van der Waals surface area contributed by atoms with E-state index < -0.39 is 11.9 Å². The first-order chi connectivity index (χ1) is 7.99. The van der Waals surface area contributed by atoms with Crippen molar-refractivity contribution in [3.05, 3.63) is 23.3 Å². The van der Waals surface area contributed by atoms with Gasteiger partial charge in [0.15, 0.2) is 11.5 Å². The summed E-state index contributed by atoms with van der Waals surface area (Å²) >= 11 is 0. The van der Waals surface area contributed by atoms with Crippen LogP contribution in [0, 0.1) is 0 Å². The van der Waals surface area contributed by atoms with Crippen LogP contribution < -0.4 is 9.47 Å². The summed E-state index contributed by atoms with van der Waals surface area (Å²) in [6.45, 7) is 0. The number of carbonyl (C=O) groups is 2. The minimum absolute atomic E-state index is 0.106. The van der Waals surface area contributed by atoms with Gasteiger partial charge in [0, 0.05) is 0 Å². The zero-order valence-electron chi connectivity index (χ0n) is 9.39. The molecular formula is C11H12O6. The third kappa shape index (κ3) is 2.87. The van der Waals surface area contributed by atoms with Crippen molar-refractivity contribution < 1.29 is 29.3 Å². The summed E-state index contributed by atoms with van der Waals surface area (Å²) < 4.78 is 9.93. The predicted molar refractivity (Wildman–Crippen MR) is 57.8 cm³/mol. The van der Waals surface area contributed by atoms with Crippen molar-refractivity contribution in [2.24, 2.45) is 0 Å². The van der Waals surface area contributed by atoms with E-state index in [0.717, 1.165) is 0 Å². The molecule has 0 heterocycles. The smallest absolute Gasteiger partial charge is 0.336 e. The number of carboxylic acid groups (broad SMARTS) is 2. The first-order valence-electron chi connectivity index (χ1n) is 4.69. The number of aromatic carboxylic acids is 1. The normalized spacial score (nSPS) is 9.76. The van der Waals surface area contributed by atoms with Crippen LogP contribution in [0.5, 0.6) is 11.5 Å². The fourth-order valence-corrected chi connectivity index (χ4v) is 1.43. The highest BCUT2D eigenvalue weighted by Gasteiger charge is 2.17. The minimum Gasteiger partial charge on any atom is -0.493 e. The molecule has 0 saturated carbocycles. The van der Waals surface area contributed by atoms with Crippen molar-refractivity contribution in [3.63, 3.8) is 0 Å². The van der Waals surface area contributed by atoms with Crippen molar-refractivity contribution in [1.29, 1.82) is 0 Å². The van der Waals surface area contributed by atoms with Crippen LogP contribution in [0.1, 0.15) is 15.9 Å². The van der Waals surface area contributed by atoms with Gasteiger partial charge < -0.3 is 19.7 Å². The summed E-state index contributed by atoms with van der Waals surface area (Å²) in [5, 5.41) is 17.7. The molecule has 92 valence electrons. The van der Waals surface area contributed by atoms with Crippen LogP contribution >= 0.6 is 0 Å². The van der Waals surface area contributed by atoms with E-state index in [2.05, 4.69) is 0 Å². The van der Waals surface area contributed by atoms with Gasteiger partial charge in [-0.3, -0.25) is 4.79 Å². The number of methoxy groups -OCH3 is 2. The summed E-state index contributed by atoms with van der Waals surface area (Å²) in [5.41, 5.74) is 0.0627. The zero-order chi connectivity index (χ0) is 13.0. The van der Waals surface area contributed by atoms with Gasteiger partial charge in [-0.25, -0.2) is 4.79 Å². The first kappa shape index (κ1) is 12.8. The maximum atomic E-state index is 11.0. The van der Waals surface area contributed by atoms with Gasteiger partial charge in [-0.05, 0) is 17.7 Å². The number of ether oxygens (including phenoxy) is 2. The number of benzene rings is 1. The number of hydrogen-bond donors (Lipinski definition) is 2. The molecule has 0 aliphatic carbocycles. The highest BCUT2D eigenvalue weighted by Crippen LogP contribution is 2.30. The Labute approximate surface area is 97.4 Å². The summed E-state index contributed by atoms with van der Waals surface area (Å²) in [5.74, 6) is -1.77. The Kier molecular flexibility index (Phi) is 3.92. The van der Waals surface area contributed by atoms with Crippen LogP contribution in [0.25, 0.3) is 0 Å². The molecule has 0 amide bonds. The summed E-state index contributed by atoms with van der Waals surface area (Å²) in [6.07, 6.45) is -0.387. The molecule has 0 radical (unpaired) electrons. The van der Waals surface area contributed by atoms with Crippen molar-refractivity contribution in [2.75, 3.05) is 14.2 Å². The van der Waals surface area contributed by atoms with Crippen LogP contribution in [0.15, 0.2) is 12.1 Å². The van der Waals surface area contributed by atoms with Crippen LogP contribution in [0.3, 0.4) is 0 Å². The average molecular weight is 240 g/mol. The van der Waals surface area contributed by atoms with Gasteiger partial charge in [-0.15, -0.1) is 0 Å². The lowest BCUT2D eigenvalue weighted by Gasteiger charge is -2.11. The predicted octanol–water partition coefficient (Wildman–Crippen LogP) is 1.03. The molecule has 0 aliphatic heterocycles. The van der Waals surface area contributed by atoms with Gasteiger partial charge in [0.1, 0.15) is 0 Å². The van der Waals surface area contributed by atoms with Crippen LogP contribution in [-0.4, -0.2) is 36.4 Å². The molecule has 6 heteroatoms. The number of carboxylic acids is 2. The third-order valence-corrected chi connectivity index (χ3v) is 2.18. The Balaban J connectivity index is 3.34. The van der Waals surface area contributed by atoms with Crippen molar-refractivity contribution in [1.82, 2.24) is 0 Å². The molecule has 1 rings (SSSR count). The van der Waals surface area contributed by atoms with Gasteiger partial charge in [-0.1, -0.05) is 0 Å². The van der Waals surface area contributed by atoms with E-state index in [1.807, 2.05) is 0 Å². The topological polar surface area (TPSA) is 93.1 Å². The summed E-state index contributed by atoms with van der Waals surface area (Å²) in [4.78, 5) is 21.6. The molecule has 17 heavy (non-hydrogen) atoms. The summed E-state index contributed by atoms with van der Waals surface area (Å²) in [7, 11) is 2.77. The molecular weight excluding hydrogens is 228 g/mol. The molecule has 0 spiro atoms. The Hall–Kier alpha value is -2.24. The average Bonchev–Trinajstić information content (AvgIpc) is 2.27. The van der Waals surface area contributed by atoms with Crippen LogP contribution in [0.4, 0.5) is 0 Å². The second-order valence-electron chi connectivity index (χ2n) is 3.24. The molecule has 0 atom stereocenters. The maximum absolute atomic E-state index is 11.0. The number of hydrogen-bond acceptors (Lipinski definition) is 4. The van der Waals surface area contributed by atoms with Crippen LogP contribution in [0.2, 0.25) is 0 Å². The van der Waals surface area contributed by atoms with Crippen molar-refractivity contribution in [3.8, 4) is 11.5 Å². The standard InChI is InChI=1S/C11H12O6/c1-16-8-3-6(4-10(12)13)7(11(14)15)5-9(8)17-2/h3,5H,4H2,1-2H3,(H,12,13)(H,14,15). The van der Waals surface area contributed by atoms with Crippen molar-refractivity contribution >= 4 is 11.9 Å². The van der Waals surface area contributed by atoms with Gasteiger partial charge in [0.2, 0.25) is 0 Å². The SMILES string of the molecule is COc1cc(CC(=O)O)c(C(=O)O)cc1OC. The second kappa shape index (κ2) is 5.20. The van der Waals surface area contributed by atoms with E-state index in [0.29, 0.717) is 5.75 Å². The quantitative estimate of drug-likeness (QED) is 0.798. The maximum Gasteiger partial charge on any atom is 0.336 e. The Bertz CT molecular complexity index is 452. The van der Waals surface area contributed by atoms with Gasteiger partial charge in [0.05, 0.1) is 26.2 Å². The van der Waals surface area contributed by atoms with Gasteiger partial charge in [-0.2, -0.15) is 0 Å². The molecule has 1 aromatic rings. The lowest BCUT2D eigenvalue weighted by Crippen LogP contribution is -2.09. The van der Waals surface area contributed by atoms with Gasteiger partial charge >= 0.3 is 11.9 Å². The number of aliphatic carboxylic acids is 1. The lowest BCUT2D eigenvalue weighted by atomic mass is 10.0. The molecule has 0 aliphatic rings. The molecule has 0 fully saturated rings. The Morgan fingerprint density at radius 3 is 2.06 bits per heavy atom. The molecule has 2 N–H and O–H groups in total. The highest BCUT2D eigenvalue weighted by molar-refractivity contribution is 5.92. The second-order valence-corrected chi connectivity index (χ2v) is 3.24. The van der Waals surface area contributed by atoms with E-state index in [9.17, 15) is 9.59 Å². The van der Waals surface area contributed by atoms with E-state index >= 15 is 0 Å². The monoisotopic (exact) mass is 240 g/mol. The molecule has 0 bridgehead atoms. The van der Waals surface area contributed by atoms with Crippen LogP contribution in [-0.2, 0) is 11.2 Å². The Morgan fingerprint density at radius 1 is 1.12 bits per heavy atom. The van der Waals surface area contributed by atoms with E-state index in [1.54, 1.807) is 0 Å². The van der Waals surface area contributed by atoms with E-state index in [4.69, 9.17) is 19.7 Å². The zero-order valence-corrected chi connectivity index (χ0v) is 9.39. The molecule has 1 aromatic carbocycles. The summed E-state index contributed by atoms with van der Waals surface area (Å²) in [6, 6.07) is 2.61. The van der Waals surface area contributed by atoms with E-state index in [-0.39, 0.29) is 23.3 Å². The molecule has 6 nitrogen and oxygen atoms in total. The lowest BCUT2D eigenvalue weighted by molar-refractivity contribution is -0.136. The first-order valence-corrected chi connectivity index (χ1v) is 4.69. The minimum atomic E-state index is -1.21. The van der Waals surface area contributed by atoms with E-state index in [1.165, 1.54) is 26.4 Å². The fourth-order valence-electron chi connectivity index (χ4n) is 1.43. The largest absolute Gasteiger partial charge is 0.493 e.